The standard InChI is InChI=1S/C16H24N6O4/c1-21-14(24)12-13(22(16(21)25)11-5-2-3-6-11)19-20-15(18-12)26-10-4-7-17-8-9-23/h11,17,23H,2-10H2,1H3. The molecule has 26 heavy (non-hydrogen) atoms. The Morgan fingerprint density at radius 1 is 1.23 bits per heavy atom. The zero-order valence-electron chi connectivity index (χ0n) is 14.8. The Balaban J connectivity index is 1.85. The molecule has 1 aliphatic carbocycles. The van der Waals surface area contributed by atoms with Crippen molar-refractivity contribution in [2.75, 3.05) is 26.3 Å². The number of hydrogen-bond donors (Lipinski definition) is 2. The van der Waals surface area contributed by atoms with Crippen LogP contribution in [-0.2, 0) is 7.05 Å². The molecular formula is C16H24N6O4. The molecule has 2 aromatic rings. The van der Waals surface area contributed by atoms with Gasteiger partial charge in [-0.1, -0.05) is 17.9 Å². The number of ether oxygens (including phenoxy) is 1. The van der Waals surface area contributed by atoms with Gasteiger partial charge in [-0.2, -0.15) is 4.98 Å². The molecular weight excluding hydrogens is 340 g/mol. The molecule has 0 atom stereocenters. The summed E-state index contributed by atoms with van der Waals surface area (Å²) in [7, 11) is 1.45. The van der Waals surface area contributed by atoms with Crippen LogP contribution < -0.4 is 21.3 Å². The van der Waals surface area contributed by atoms with E-state index in [2.05, 4.69) is 20.5 Å². The molecule has 142 valence electrons. The largest absolute Gasteiger partial charge is 0.462 e. The Bertz CT molecular complexity index is 871. The van der Waals surface area contributed by atoms with Crippen molar-refractivity contribution in [3.63, 3.8) is 0 Å². The lowest BCUT2D eigenvalue weighted by molar-refractivity contribution is 0.270. The molecule has 0 unspecified atom stereocenters. The van der Waals surface area contributed by atoms with E-state index in [0.29, 0.717) is 26.1 Å². The molecule has 1 saturated carbocycles. The van der Waals surface area contributed by atoms with Crippen molar-refractivity contribution in [1.82, 2.24) is 29.6 Å². The van der Waals surface area contributed by atoms with E-state index in [0.717, 1.165) is 30.3 Å². The highest BCUT2D eigenvalue weighted by Gasteiger charge is 2.24. The van der Waals surface area contributed by atoms with Gasteiger partial charge in [0, 0.05) is 19.6 Å². The Kier molecular flexibility index (Phi) is 5.94. The van der Waals surface area contributed by atoms with Crippen LogP contribution in [0.2, 0.25) is 0 Å². The van der Waals surface area contributed by atoms with Crippen LogP contribution in [0.1, 0.15) is 38.1 Å². The molecule has 0 aromatic carbocycles. The number of fused-ring (bicyclic) bond motifs is 1. The summed E-state index contributed by atoms with van der Waals surface area (Å²) in [5.41, 5.74) is -0.554. The molecule has 0 saturated heterocycles. The lowest BCUT2D eigenvalue weighted by atomic mass is 10.2. The molecule has 1 aliphatic rings. The van der Waals surface area contributed by atoms with Crippen molar-refractivity contribution in [1.29, 1.82) is 0 Å². The van der Waals surface area contributed by atoms with E-state index < -0.39 is 5.56 Å². The van der Waals surface area contributed by atoms with Gasteiger partial charge in [0.1, 0.15) is 0 Å². The summed E-state index contributed by atoms with van der Waals surface area (Å²) in [5.74, 6) is 0. The van der Waals surface area contributed by atoms with Crippen molar-refractivity contribution in [3.8, 4) is 6.01 Å². The minimum atomic E-state index is -0.497. The van der Waals surface area contributed by atoms with Gasteiger partial charge in [0.25, 0.3) is 5.56 Å². The van der Waals surface area contributed by atoms with Crippen molar-refractivity contribution in [3.05, 3.63) is 20.8 Å². The SMILES string of the molecule is Cn1c(=O)c2nc(OCCCNCCO)nnc2n(C2CCCC2)c1=O. The molecule has 10 nitrogen and oxygen atoms in total. The molecule has 0 aliphatic heterocycles. The van der Waals surface area contributed by atoms with Crippen molar-refractivity contribution in [2.45, 2.75) is 38.1 Å². The summed E-state index contributed by atoms with van der Waals surface area (Å²) in [6, 6.07) is 0.0469. The second-order valence-electron chi connectivity index (χ2n) is 6.40. The molecule has 1 fully saturated rings. The third kappa shape index (κ3) is 3.75. The van der Waals surface area contributed by atoms with Gasteiger partial charge in [0.2, 0.25) is 0 Å². The normalized spacial score (nSPS) is 15.0. The fraction of sp³-hybridized carbons (Fsp3) is 0.688. The van der Waals surface area contributed by atoms with E-state index in [4.69, 9.17) is 9.84 Å². The first-order chi connectivity index (χ1) is 12.6. The van der Waals surface area contributed by atoms with Crippen LogP contribution in [0.3, 0.4) is 0 Å². The first-order valence-electron chi connectivity index (χ1n) is 8.94. The van der Waals surface area contributed by atoms with E-state index in [-0.39, 0.29) is 35.5 Å². The van der Waals surface area contributed by atoms with Crippen LogP contribution in [0.5, 0.6) is 6.01 Å². The average Bonchev–Trinajstić information content (AvgIpc) is 3.17. The van der Waals surface area contributed by atoms with E-state index >= 15 is 0 Å². The molecule has 0 radical (unpaired) electrons. The maximum atomic E-state index is 12.5. The van der Waals surface area contributed by atoms with Gasteiger partial charge in [0.05, 0.1) is 13.2 Å². The Morgan fingerprint density at radius 3 is 2.73 bits per heavy atom. The Hall–Kier alpha value is -2.33. The molecule has 2 heterocycles. The van der Waals surface area contributed by atoms with E-state index in [1.54, 1.807) is 4.57 Å². The van der Waals surface area contributed by atoms with E-state index in [1.807, 2.05) is 0 Å². The molecule has 2 N–H and O–H groups in total. The first-order valence-corrected chi connectivity index (χ1v) is 8.94. The average molecular weight is 364 g/mol. The number of hydrogen-bond acceptors (Lipinski definition) is 8. The molecule has 2 aromatic heterocycles. The van der Waals surface area contributed by atoms with E-state index in [9.17, 15) is 9.59 Å². The third-order valence-electron chi connectivity index (χ3n) is 4.59. The molecule has 10 heteroatoms. The number of aromatic nitrogens is 5. The number of aliphatic hydroxyl groups is 1. The summed E-state index contributed by atoms with van der Waals surface area (Å²) in [6.45, 7) is 1.66. The van der Waals surface area contributed by atoms with Gasteiger partial charge in [-0.05, 0) is 25.8 Å². The maximum Gasteiger partial charge on any atom is 0.336 e. The van der Waals surface area contributed by atoms with Crippen LogP contribution in [0.25, 0.3) is 11.2 Å². The fourth-order valence-corrected chi connectivity index (χ4v) is 3.23. The second-order valence-corrected chi connectivity index (χ2v) is 6.40. The van der Waals surface area contributed by atoms with Crippen LogP contribution in [0.15, 0.2) is 9.59 Å². The zero-order valence-corrected chi connectivity index (χ0v) is 14.8. The topological polar surface area (TPSA) is 124 Å². The summed E-state index contributed by atoms with van der Waals surface area (Å²) >= 11 is 0. The quantitative estimate of drug-likeness (QED) is 0.592. The molecule has 3 rings (SSSR count). The van der Waals surface area contributed by atoms with Crippen LogP contribution >= 0.6 is 0 Å². The highest BCUT2D eigenvalue weighted by Crippen LogP contribution is 2.29. The van der Waals surface area contributed by atoms with Crippen molar-refractivity contribution < 1.29 is 9.84 Å². The third-order valence-corrected chi connectivity index (χ3v) is 4.59. The number of rotatable bonds is 8. The predicted molar refractivity (Wildman–Crippen MR) is 94.4 cm³/mol. The van der Waals surface area contributed by atoms with E-state index in [1.165, 1.54) is 7.05 Å². The fourth-order valence-electron chi connectivity index (χ4n) is 3.23. The zero-order chi connectivity index (χ0) is 18.5. The van der Waals surface area contributed by atoms with Gasteiger partial charge in [-0.25, -0.2) is 4.79 Å². The minimum Gasteiger partial charge on any atom is -0.462 e. The number of nitrogens with zero attached hydrogens (tertiary/aromatic N) is 5. The second kappa shape index (κ2) is 8.37. The molecule has 0 spiro atoms. The van der Waals surface area contributed by atoms with Gasteiger partial charge < -0.3 is 15.2 Å². The lowest BCUT2D eigenvalue weighted by Gasteiger charge is -2.16. The summed E-state index contributed by atoms with van der Waals surface area (Å²) in [4.78, 5) is 29.2. The lowest BCUT2D eigenvalue weighted by Crippen LogP contribution is -2.40. The Labute approximate surface area is 149 Å². The maximum absolute atomic E-state index is 12.5. The molecule has 0 amide bonds. The summed E-state index contributed by atoms with van der Waals surface area (Å²) in [6.07, 6.45) is 4.56. The van der Waals surface area contributed by atoms with Gasteiger partial charge in [0.15, 0.2) is 11.2 Å². The Morgan fingerprint density at radius 2 is 2.00 bits per heavy atom. The van der Waals surface area contributed by atoms with Crippen molar-refractivity contribution in [2.24, 2.45) is 7.05 Å². The molecule has 0 bridgehead atoms. The monoisotopic (exact) mass is 364 g/mol. The predicted octanol–water partition coefficient (Wildman–Crippen LogP) is -0.649. The van der Waals surface area contributed by atoms with Gasteiger partial charge in [-0.15, -0.1) is 5.10 Å². The van der Waals surface area contributed by atoms with Crippen LogP contribution in [0.4, 0.5) is 0 Å². The first kappa shape index (κ1) is 18.5. The minimum absolute atomic E-state index is 0.0216. The summed E-state index contributed by atoms with van der Waals surface area (Å²) in [5, 5.41) is 19.7. The number of aliphatic hydroxyl groups excluding tert-OH is 1. The van der Waals surface area contributed by atoms with Crippen LogP contribution in [0, 0.1) is 0 Å². The van der Waals surface area contributed by atoms with Crippen LogP contribution in [-0.4, -0.2) is 55.7 Å². The highest BCUT2D eigenvalue weighted by atomic mass is 16.5. The highest BCUT2D eigenvalue weighted by molar-refractivity contribution is 5.68. The van der Waals surface area contributed by atoms with Gasteiger partial charge in [-0.3, -0.25) is 13.9 Å². The van der Waals surface area contributed by atoms with Crippen molar-refractivity contribution >= 4 is 11.2 Å². The number of nitrogens with one attached hydrogen (secondary N) is 1. The summed E-state index contributed by atoms with van der Waals surface area (Å²) < 4.78 is 8.08. The van der Waals surface area contributed by atoms with Gasteiger partial charge >= 0.3 is 11.7 Å². The smallest absolute Gasteiger partial charge is 0.336 e.